The van der Waals surface area contributed by atoms with Crippen LogP contribution in [-0.2, 0) is 14.3 Å². The minimum absolute atomic E-state index is 0.0154. The molecule has 0 aliphatic heterocycles. The first kappa shape index (κ1) is 9.24. The van der Waals surface area contributed by atoms with Crippen molar-refractivity contribution < 1.29 is 19.4 Å². The van der Waals surface area contributed by atoms with Crippen LogP contribution in [0.4, 0.5) is 0 Å². The molecule has 0 radical (unpaired) electrons. The standard InChI is InChI=1S/C10H12O4/c1-14-10(13)8-6-3-2-5(4-6)7(8)9(11)12/h2-3,5-8H,4H2,1H3,(H,11,12)/t5-,6+,7?,8+/m1/s1. The number of hydrogen-bond donors (Lipinski definition) is 1. The summed E-state index contributed by atoms with van der Waals surface area (Å²) >= 11 is 0. The van der Waals surface area contributed by atoms with E-state index in [1.54, 1.807) is 0 Å². The van der Waals surface area contributed by atoms with Crippen molar-refractivity contribution in [2.75, 3.05) is 7.11 Å². The van der Waals surface area contributed by atoms with Gasteiger partial charge >= 0.3 is 11.9 Å². The molecule has 0 spiro atoms. The lowest BCUT2D eigenvalue weighted by Crippen LogP contribution is -2.33. The largest absolute Gasteiger partial charge is 0.481 e. The van der Waals surface area contributed by atoms with Gasteiger partial charge < -0.3 is 9.84 Å². The molecule has 0 heterocycles. The third-order valence-electron chi connectivity index (χ3n) is 3.22. The number of esters is 1. The highest BCUT2D eigenvalue weighted by molar-refractivity contribution is 5.83. The van der Waals surface area contributed by atoms with Gasteiger partial charge in [-0.05, 0) is 18.3 Å². The second-order valence-electron chi connectivity index (χ2n) is 3.86. The topological polar surface area (TPSA) is 63.6 Å². The molecule has 0 saturated heterocycles. The summed E-state index contributed by atoms with van der Waals surface area (Å²) in [4.78, 5) is 22.4. The Morgan fingerprint density at radius 1 is 1.29 bits per heavy atom. The van der Waals surface area contributed by atoms with Crippen molar-refractivity contribution in [1.82, 2.24) is 0 Å². The Balaban J connectivity index is 2.26. The number of carboxylic acids is 1. The highest BCUT2D eigenvalue weighted by Crippen LogP contribution is 2.48. The van der Waals surface area contributed by atoms with Crippen molar-refractivity contribution in [3.05, 3.63) is 12.2 Å². The molecule has 76 valence electrons. The summed E-state index contributed by atoms with van der Waals surface area (Å²) in [6, 6.07) is 0. The van der Waals surface area contributed by atoms with Crippen molar-refractivity contribution in [2.45, 2.75) is 6.42 Å². The van der Waals surface area contributed by atoms with Gasteiger partial charge in [-0.3, -0.25) is 9.59 Å². The zero-order valence-electron chi connectivity index (χ0n) is 7.84. The molecule has 4 heteroatoms. The van der Waals surface area contributed by atoms with Gasteiger partial charge in [-0.2, -0.15) is 0 Å². The molecule has 1 unspecified atom stereocenters. The van der Waals surface area contributed by atoms with E-state index in [1.165, 1.54) is 7.11 Å². The van der Waals surface area contributed by atoms with Gasteiger partial charge in [-0.15, -0.1) is 0 Å². The third-order valence-corrected chi connectivity index (χ3v) is 3.22. The Hall–Kier alpha value is -1.32. The lowest BCUT2D eigenvalue weighted by Gasteiger charge is -2.21. The number of fused-ring (bicyclic) bond motifs is 2. The van der Waals surface area contributed by atoms with Crippen LogP contribution in [0.2, 0.25) is 0 Å². The van der Waals surface area contributed by atoms with Gasteiger partial charge in [0.2, 0.25) is 0 Å². The number of rotatable bonds is 2. The number of aliphatic carboxylic acids is 1. The van der Waals surface area contributed by atoms with E-state index in [0.29, 0.717) is 0 Å². The Morgan fingerprint density at radius 3 is 2.36 bits per heavy atom. The Kier molecular flexibility index (Phi) is 2.06. The molecule has 2 aliphatic carbocycles. The van der Waals surface area contributed by atoms with E-state index in [9.17, 15) is 9.59 Å². The quantitative estimate of drug-likeness (QED) is 0.521. The maximum atomic E-state index is 11.4. The highest BCUT2D eigenvalue weighted by atomic mass is 16.5. The van der Waals surface area contributed by atoms with E-state index in [0.717, 1.165) is 6.42 Å². The monoisotopic (exact) mass is 196 g/mol. The van der Waals surface area contributed by atoms with Gasteiger partial charge in [-0.1, -0.05) is 12.2 Å². The molecule has 0 aromatic rings. The molecule has 4 atom stereocenters. The van der Waals surface area contributed by atoms with Crippen LogP contribution < -0.4 is 0 Å². The number of carbonyl (C=O) groups is 2. The first-order valence-corrected chi connectivity index (χ1v) is 4.64. The fourth-order valence-corrected chi connectivity index (χ4v) is 2.62. The number of carboxylic acid groups (broad SMARTS) is 1. The third kappa shape index (κ3) is 1.14. The second-order valence-corrected chi connectivity index (χ2v) is 3.86. The molecule has 2 aliphatic rings. The van der Waals surface area contributed by atoms with Crippen LogP contribution in [0.3, 0.4) is 0 Å². The van der Waals surface area contributed by atoms with Crippen molar-refractivity contribution in [3.8, 4) is 0 Å². The van der Waals surface area contributed by atoms with Crippen LogP contribution in [0, 0.1) is 23.7 Å². The van der Waals surface area contributed by atoms with E-state index < -0.39 is 23.8 Å². The van der Waals surface area contributed by atoms with Crippen LogP contribution in [-0.4, -0.2) is 24.2 Å². The fourth-order valence-electron chi connectivity index (χ4n) is 2.62. The molecule has 2 rings (SSSR count). The lowest BCUT2D eigenvalue weighted by molar-refractivity contribution is -0.156. The molecule has 1 fully saturated rings. The molecule has 1 N–H and O–H groups in total. The summed E-state index contributed by atoms with van der Waals surface area (Å²) in [5, 5.41) is 9.01. The molecule has 1 saturated carbocycles. The second kappa shape index (κ2) is 3.12. The molecule has 0 aromatic heterocycles. The number of ether oxygens (including phenoxy) is 1. The van der Waals surface area contributed by atoms with Crippen LogP contribution in [0.5, 0.6) is 0 Å². The predicted molar refractivity (Wildman–Crippen MR) is 47.4 cm³/mol. The maximum absolute atomic E-state index is 11.4. The first-order chi connectivity index (χ1) is 6.65. The number of carbonyl (C=O) groups excluding carboxylic acids is 1. The molecular formula is C10H12O4. The van der Waals surface area contributed by atoms with E-state index in [4.69, 9.17) is 5.11 Å². The van der Waals surface area contributed by atoms with Crippen molar-refractivity contribution in [1.29, 1.82) is 0 Å². The van der Waals surface area contributed by atoms with Crippen LogP contribution in [0.15, 0.2) is 12.2 Å². The smallest absolute Gasteiger partial charge is 0.310 e. The molecular weight excluding hydrogens is 184 g/mol. The van der Waals surface area contributed by atoms with Crippen molar-refractivity contribution in [2.24, 2.45) is 23.7 Å². The summed E-state index contributed by atoms with van der Waals surface area (Å²) in [5.41, 5.74) is 0. The zero-order valence-corrected chi connectivity index (χ0v) is 7.84. The summed E-state index contributed by atoms with van der Waals surface area (Å²) in [7, 11) is 1.30. The lowest BCUT2D eigenvalue weighted by atomic mass is 9.83. The van der Waals surface area contributed by atoms with Crippen LogP contribution in [0.1, 0.15) is 6.42 Å². The van der Waals surface area contributed by atoms with Crippen molar-refractivity contribution in [3.63, 3.8) is 0 Å². The summed E-state index contributed by atoms with van der Waals surface area (Å²) in [6.45, 7) is 0. The number of methoxy groups -OCH3 is 1. The summed E-state index contributed by atoms with van der Waals surface area (Å²) in [6.07, 6.45) is 4.62. The fraction of sp³-hybridized carbons (Fsp3) is 0.600. The predicted octanol–water partition coefficient (Wildman–Crippen LogP) is 0.682. The molecule has 14 heavy (non-hydrogen) atoms. The first-order valence-electron chi connectivity index (χ1n) is 4.64. The van der Waals surface area contributed by atoms with Crippen LogP contribution in [0.25, 0.3) is 0 Å². The van der Waals surface area contributed by atoms with Gasteiger partial charge in [0.05, 0.1) is 18.9 Å². The van der Waals surface area contributed by atoms with Crippen LogP contribution >= 0.6 is 0 Å². The van der Waals surface area contributed by atoms with Gasteiger partial charge in [0.15, 0.2) is 0 Å². The Bertz CT molecular complexity index is 307. The Labute approximate surface area is 81.6 Å². The average Bonchev–Trinajstić information content (AvgIpc) is 2.74. The maximum Gasteiger partial charge on any atom is 0.310 e. The van der Waals surface area contributed by atoms with Gasteiger partial charge in [0.1, 0.15) is 0 Å². The van der Waals surface area contributed by atoms with Gasteiger partial charge in [0, 0.05) is 0 Å². The van der Waals surface area contributed by atoms with Gasteiger partial charge in [0.25, 0.3) is 0 Å². The minimum Gasteiger partial charge on any atom is -0.481 e. The molecule has 2 bridgehead atoms. The highest BCUT2D eigenvalue weighted by Gasteiger charge is 2.52. The van der Waals surface area contributed by atoms with E-state index in [-0.39, 0.29) is 11.8 Å². The minimum atomic E-state index is -0.891. The number of allylic oxidation sites excluding steroid dienone is 2. The summed E-state index contributed by atoms with van der Waals surface area (Å²) in [5.74, 6) is -2.27. The normalized spacial score (nSPS) is 38.6. The van der Waals surface area contributed by atoms with E-state index >= 15 is 0 Å². The van der Waals surface area contributed by atoms with E-state index in [2.05, 4.69) is 4.74 Å². The SMILES string of the molecule is COC(=O)[C@@H]1C(C(=O)O)[C@@H]2C=C[C@H]1C2. The van der Waals surface area contributed by atoms with Gasteiger partial charge in [-0.25, -0.2) is 0 Å². The molecule has 0 amide bonds. The number of hydrogen-bond acceptors (Lipinski definition) is 3. The molecule has 4 nitrogen and oxygen atoms in total. The summed E-state index contributed by atoms with van der Waals surface area (Å²) < 4.78 is 4.63. The zero-order chi connectivity index (χ0) is 10.3. The average molecular weight is 196 g/mol. The van der Waals surface area contributed by atoms with E-state index in [1.807, 2.05) is 12.2 Å². The molecule has 0 aromatic carbocycles. The van der Waals surface area contributed by atoms with Crippen molar-refractivity contribution >= 4 is 11.9 Å². The Morgan fingerprint density at radius 2 is 1.86 bits per heavy atom.